The van der Waals surface area contributed by atoms with Crippen molar-refractivity contribution in [1.82, 2.24) is 4.90 Å². The highest BCUT2D eigenvalue weighted by molar-refractivity contribution is 6.40. The Balaban J connectivity index is -0.00000147. The molecule has 1 unspecified atom stereocenters. The van der Waals surface area contributed by atoms with Crippen LogP contribution in [0.3, 0.4) is 0 Å². The maximum absolute atomic E-state index is 13.1. The summed E-state index contributed by atoms with van der Waals surface area (Å²) in [6.45, 7) is 0.125. The van der Waals surface area contributed by atoms with Crippen LogP contribution in [-0.2, 0) is 4.79 Å². The first kappa shape index (κ1) is 28.6. The molecule has 0 aromatic heterocycles. The minimum Gasteiger partial charge on any atom is -0.480 e. The van der Waals surface area contributed by atoms with Gasteiger partial charge in [0, 0.05) is 19.5 Å². The summed E-state index contributed by atoms with van der Waals surface area (Å²) in [5.74, 6) is -3.85. The van der Waals surface area contributed by atoms with Gasteiger partial charge in [0.25, 0.3) is 5.92 Å². The quantitative estimate of drug-likeness (QED) is 0.322. The zero-order valence-corrected chi connectivity index (χ0v) is 14.9. The summed E-state index contributed by atoms with van der Waals surface area (Å²) < 4.78 is 26.1. The molecule has 7 N–H and O–H groups in total. The molecule has 146 valence electrons. The van der Waals surface area contributed by atoms with Crippen molar-refractivity contribution in [1.29, 1.82) is 0 Å². The molecule has 12 heteroatoms. The number of hydrogen-bond donors (Lipinski definition) is 4. The SMILES string of the molecule is Cl.Cl.NC(CCCCB(O)O)(CCN1CCC(F)(F)C1)C(=O)O.O. The van der Waals surface area contributed by atoms with Crippen LogP contribution in [0.2, 0.25) is 6.32 Å². The number of carbonyl (C=O) groups is 1. The Bertz CT molecular complexity index is 372. The highest BCUT2D eigenvalue weighted by Crippen LogP contribution is 2.28. The van der Waals surface area contributed by atoms with Gasteiger partial charge in [-0.15, -0.1) is 24.8 Å². The lowest BCUT2D eigenvalue weighted by atomic mass is 9.81. The summed E-state index contributed by atoms with van der Waals surface area (Å²) in [6, 6.07) is 0. The molecule has 0 amide bonds. The molecule has 1 saturated heterocycles. The fourth-order valence-corrected chi connectivity index (χ4v) is 2.46. The van der Waals surface area contributed by atoms with Crippen molar-refractivity contribution in [3.05, 3.63) is 0 Å². The topological polar surface area (TPSA) is 139 Å². The first-order valence-electron chi connectivity index (χ1n) is 7.13. The molecular weight excluding hydrogens is 372 g/mol. The molecule has 0 radical (unpaired) electrons. The third-order valence-electron chi connectivity index (χ3n) is 3.88. The van der Waals surface area contributed by atoms with Crippen LogP contribution in [0.5, 0.6) is 0 Å². The van der Waals surface area contributed by atoms with E-state index in [9.17, 15) is 18.7 Å². The van der Waals surface area contributed by atoms with Gasteiger partial charge in [-0.2, -0.15) is 0 Å². The first-order valence-corrected chi connectivity index (χ1v) is 7.13. The Morgan fingerprint density at radius 2 is 1.83 bits per heavy atom. The number of likely N-dealkylation sites (tertiary alicyclic amines) is 1. The molecule has 0 bridgehead atoms. The summed E-state index contributed by atoms with van der Waals surface area (Å²) in [6.07, 6.45) is 1.13. The van der Waals surface area contributed by atoms with Gasteiger partial charge < -0.3 is 26.4 Å². The summed E-state index contributed by atoms with van der Waals surface area (Å²) in [4.78, 5) is 12.8. The summed E-state index contributed by atoms with van der Waals surface area (Å²) in [7, 11) is -1.41. The van der Waals surface area contributed by atoms with E-state index >= 15 is 0 Å². The molecule has 0 aromatic rings. The van der Waals surface area contributed by atoms with Crippen molar-refractivity contribution in [2.24, 2.45) is 5.73 Å². The Hall–Kier alpha value is -0.225. The van der Waals surface area contributed by atoms with Crippen LogP contribution in [0.15, 0.2) is 0 Å². The molecule has 1 fully saturated rings. The molecule has 0 saturated carbocycles. The molecule has 1 aliphatic heterocycles. The standard InChI is InChI=1S/C12H23BF2N2O4.2ClH.H2O/c14-12(15)5-8-17(9-12)7-4-11(16,10(18)19)3-1-2-6-13(20)21;;;/h20-21H,1-9,16H2,(H,18,19);2*1H;1H2. The number of rotatable bonds is 9. The monoisotopic (exact) mass is 398 g/mol. The maximum atomic E-state index is 13.1. The number of nitrogens with two attached hydrogens (primary N) is 1. The van der Waals surface area contributed by atoms with Gasteiger partial charge in [0.1, 0.15) is 5.54 Å². The molecule has 0 spiro atoms. The average Bonchev–Trinajstić information content (AvgIpc) is 2.71. The largest absolute Gasteiger partial charge is 0.480 e. The number of carboxylic acids is 1. The molecule has 7 nitrogen and oxygen atoms in total. The Kier molecular flexibility index (Phi) is 14.5. The maximum Gasteiger partial charge on any atom is 0.451 e. The highest BCUT2D eigenvalue weighted by Gasteiger charge is 2.40. The van der Waals surface area contributed by atoms with E-state index in [0.717, 1.165) is 0 Å². The number of unbranched alkanes of at least 4 members (excludes halogenated alkanes) is 1. The summed E-state index contributed by atoms with van der Waals surface area (Å²) in [5.41, 5.74) is 4.40. The van der Waals surface area contributed by atoms with Gasteiger partial charge in [0.05, 0.1) is 6.54 Å². The average molecular weight is 399 g/mol. The fourth-order valence-electron chi connectivity index (χ4n) is 2.46. The lowest BCUT2D eigenvalue weighted by Crippen LogP contribution is -2.50. The van der Waals surface area contributed by atoms with Crippen LogP contribution in [-0.4, -0.2) is 69.7 Å². The minimum atomic E-state index is -2.70. The minimum absolute atomic E-state index is 0. The lowest BCUT2D eigenvalue weighted by Gasteiger charge is -2.27. The summed E-state index contributed by atoms with van der Waals surface area (Å²) in [5, 5.41) is 26.7. The van der Waals surface area contributed by atoms with Crippen molar-refractivity contribution < 1.29 is 34.2 Å². The number of alkyl halides is 2. The second-order valence-corrected chi connectivity index (χ2v) is 5.82. The molecular formula is C12H27BCl2F2N2O5. The number of nitrogens with zero attached hydrogens (tertiary/aromatic N) is 1. The van der Waals surface area contributed by atoms with E-state index < -0.39 is 24.5 Å². The zero-order chi connectivity index (χ0) is 16.1. The van der Waals surface area contributed by atoms with E-state index in [4.69, 9.17) is 15.8 Å². The van der Waals surface area contributed by atoms with Crippen LogP contribution in [0, 0.1) is 0 Å². The predicted molar refractivity (Wildman–Crippen MR) is 92.1 cm³/mol. The van der Waals surface area contributed by atoms with E-state index in [1.807, 2.05) is 0 Å². The van der Waals surface area contributed by atoms with Crippen LogP contribution in [0.1, 0.15) is 32.1 Å². The molecule has 1 rings (SSSR count). The van der Waals surface area contributed by atoms with Crippen molar-refractivity contribution in [2.75, 3.05) is 19.6 Å². The summed E-state index contributed by atoms with van der Waals surface area (Å²) >= 11 is 0. The van der Waals surface area contributed by atoms with E-state index in [-0.39, 0.29) is 75.5 Å². The third-order valence-corrected chi connectivity index (χ3v) is 3.88. The van der Waals surface area contributed by atoms with E-state index in [0.29, 0.717) is 12.8 Å². The molecule has 1 aliphatic rings. The van der Waals surface area contributed by atoms with Crippen LogP contribution < -0.4 is 5.73 Å². The number of carboxylic acid groups (broad SMARTS) is 1. The normalized spacial score (nSPS) is 18.5. The van der Waals surface area contributed by atoms with Crippen molar-refractivity contribution in [3.63, 3.8) is 0 Å². The predicted octanol–water partition coefficient (Wildman–Crippen LogP) is 0.162. The van der Waals surface area contributed by atoms with Crippen molar-refractivity contribution in [2.45, 2.75) is 49.9 Å². The smallest absolute Gasteiger partial charge is 0.451 e. The van der Waals surface area contributed by atoms with Gasteiger partial charge in [-0.25, -0.2) is 8.78 Å². The Labute approximate surface area is 152 Å². The van der Waals surface area contributed by atoms with Gasteiger partial charge in [-0.3, -0.25) is 9.69 Å². The highest BCUT2D eigenvalue weighted by atomic mass is 35.5. The molecule has 1 atom stereocenters. The second-order valence-electron chi connectivity index (χ2n) is 5.82. The van der Waals surface area contributed by atoms with Gasteiger partial charge in [-0.05, 0) is 19.2 Å². The van der Waals surface area contributed by atoms with Crippen molar-refractivity contribution >= 4 is 37.9 Å². The Morgan fingerprint density at radius 3 is 2.25 bits per heavy atom. The van der Waals surface area contributed by atoms with Crippen LogP contribution in [0.25, 0.3) is 0 Å². The zero-order valence-electron chi connectivity index (χ0n) is 13.3. The lowest BCUT2D eigenvalue weighted by molar-refractivity contribution is -0.144. The first-order chi connectivity index (χ1) is 9.65. The van der Waals surface area contributed by atoms with Crippen LogP contribution in [0.4, 0.5) is 8.78 Å². The van der Waals surface area contributed by atoms with Gasteiger partial charge in [-0.1, -0.05) is 12.8 Å². The van der Waals surface area contributed by atoms with E-state index in [2.05, 4.69) is 0 Å². The van der Waals surface area contributed by atoms with Gasteiger partial charge in [0.15, 0.2) is 0 Å². The van der Waals surface area contributed by atoms with E-state index in [1.165, 1.54) is 4.90 Å². The third kappa shape index (κ3) is 9.92. The van der Waals surface area contributed by atoms with E-state index in [1.54, 1.807) is 0 Å². The van der Waals surface area contributed by atoms with Crippen molar-refractivity contribution in [3.8, 4) is 0 Å². The van der Waals surface area contributed by atoms with Crippen LogP contribution >= 0.6 is 24.8 Å². The van der Waals surface area contributed by atoms with Gasteiger partial charge >= 0.3 is 13.1 Å². The molecule has 0 aliphatic carbocycles. The fraction of sp³-hybridized carbons (Fsp3) is 0.917. The Morgan fingerprint density at radius 1 is 1.25 bits per heavy atom. The molecule has 0 aromatic carbocycles. The van der Waals surface area contributed by atoms with Gasteiger partial charge in [0.2, 0.25) is 0 Å². The molecule has 1 heterocycles. The molecule has 24 heavy (non-hydrogen) atoms. The number of halogens is 4. The second kappa shape index (κ2) is 12.2. The number of hydrogen-bond acceptors (Lipinski definition) is 5. The number of aliphatic carboxylic acids is 1.